The van der Waals surface area contributed by atoms with E-state index in [-0.39, 0.29) is 5.91 Å². The number of nitrogens with one attached hydrogen (secondary N) is 1. The fourth-order valence-corrected chi connectivity index (χ4v) is 0.726. The molecule has 72 valence electrons. The number of hydrogen-bond donors (Lipinski definition) is 1. The predicted molar refractivity (Wildman–Crippen MR) is 52.9 cm³/mol. The van der Waals surface area contributed by atoms with E-state index in [0.717, 1.165) is 5.57 Å². The van der Waals surface area contributed by atoms with Gasteiger partial charge in [0.05, 0.1) is 7.11 Å². The largest absolute Gasteiger partial charge is 0.277 e. The van der Waals surface area contributed by atoms with Crippen molar-refractivity contribution in [1.82, 2.24) is 5.48 Å². The van der Waals surface area contributed by atoms with Gasteiger partial charge in [0.15, 0.2) is 0 Å². The molecule has 0 spiro atoms. The van der Waals surface area contributed by atoms with Crippen LogP contribution in [-0.2, 0) is 9.63 Å². The van der Waals surface area contributed by atoms with E-state index in [4.69, 9.17) is 0 Å². The third-order valence-corrected chi connectivity index (χ3v) is 1.36. The molecule has 0 heterocycles. The molecule has 0 aromatic heterocycles. The second-order valence-corrected chi connectivity index (χ2v) is 2.48. The Morgan fingerprint density at radius 2 is 2.23 bits per heavy atom. The molecule has 0 aliphatic heterocycles. The maximum absolute atomic E-state index is 10.9. The van der Waals surface area contributed by atoms with Crippen molar-refractivity contribution < 1.29 is 9.63 Å². The van der Waals surface area contributed by atoms with Crippen LogP contribution in [0.25, 0.3) is 0 Å². The third-order valence-electron chi connectivity index (χ3n) is 1.36. The molecule has 0 aliphatic rings. The molecular weight excluding hydrogens is 166 g/mol. The van der Waals surface area contributed by atoms with Gasteiger partial charge in [-0.05, 0) is 6.42 Å². The summed E-state index contributed by atoms with van der Waals surface area (Å²) in [6.45, 7) is 7.30. The number of amides is 1. The lowest BCUT2D eigenvalue weighted by atomic mass is 10.1. The standard InChI is InChI=1S/C10H15NO2/c1-4-5-6-9(2)7-8-10(12)11-13-3/h4-6H,1-2,7-8H2,3H3,(H,11,12)/b6-5-. The van der Waals surface area contributed by atoms with Gasteiger partial charge in [0.1, 0.15) is 0 Å². The topological polar surface area (TPSA) is 38.3 Å². The van der Waals surface area contributed by atoms with Crippen LogP contribution < -0.4 is 5.48 Å². The summed E-state index contributed by atoms with van der Waals surface area (Å²) in [6, 6.07) is 0. The molecule has 0 saturated heterocycles. The highest BCUT2D eigenvalue weighted by Crippen LogP contribution is 2.03. The zero-order valence-corrected chi connectivity index (χ0v) is 7.88. The molecular formula is C10H15NO2. The molecule has 0 radical (unpaired) electrons. The lowest BCUT2D eigenvalue weighted by Crippen LogP contribution is -2.21. The molecule has 0 aliphatic carbocycles. The Kier molecular flexibility index (Phi) is 6.55. The van der Waals surface area contributed by atoms with Crippen LogP contribution in [0.15, 0.2) is 37.0 Å². The van der Waals surface area contributed by atoms with Gasteiger partial charge < -0.3 is 0 Å². The van der Waals surface area contributed by atoms with Gasteiger partial charge in [0.2, 0.25) is 5.91 Å². The minimum absolute atomic E-state index is 0.143. The average Bonchev–Trinajstić information content (AvgIpc) is 2.12. The number of allylic oxidation sites excluding steroid dienone is 4. The summed E-state index contributed by atoms with van der Waals surface area (Å²) in [6.07, 6.45) is 6.29. The van der Waals surface area contributed by atoms with Gasteiger partial charge in [0, 0.05) is 6.42 Å². The predicted octanol–water partition coefficient (Wildman–Crippen LogP) is 1.74. The fraction of sp³-hybridized carbons (Fsp3) is 0.300. The van der Waals surface area contributed by atoms with Crippen molar-refractivity contribution in [2.75, 3.05) is 7.11 Å². The first-order valence-electron chi connectivity index (χ1n) is 3.99. The molecule has 0 aromatic rings. The van der Waals surface area contributed by atoms with Crippen LogP contribution in [0, 0.1) is 0 Å². The SMILES string of the molecule is C=C/C=C\C(=C)CCC(=O)NOC. The van der Waals surface area contributed by atoms with Gasteiger partial charge in [-0.3, -0.25) is 9.63 Å². The lowest BCUT2D eigenvalue weighted by Gasteiger charge is -2.01. The summed E-state index contributed by atoms with van der Waals surface area (Å²) < 4.78 is 0. The van der Waals surface area contributed by atoms with Gasteiger partial charge in [-0.15, -0.1) is 0 Å². The number of hydroxylamine groups is 1. The Bertz CT molecular complexity index is 219. The molecule has 1 N–H and O–H groups in total. The van der Waals surface area contributed by atoms with E-state index in [1.807, 2.05) is 6.08 Å². The maximum atomic E-state index is 10.9. The molecule has 0 saturated carbocycles. The summed E-state index contributed by atoms with van der Waals surface area (Å²) in [7, 11) is 1.41. The smallest absolute Gasteiger partial charge is 0.243 e. The van der Waals surface area contributed by atoms with E-state index in [2.05, 4.69) is 23.5 Å². The van der Waals surface area contributed by atoms with Crippen molar-refractivity contribution in [3.8, 4) is 0 Å². The van der Waals surface area contributed by atoms with Crippen LogP contribution in [-0.4, -0.2) is 13.0 Å². The average molecular weight is 181 g/mol. The fourth-order valence-electron chi connectivity index (χ4n) is 0.726. The van der Waals surface area contributed by atoms with Crippen LogP contribution in [0.5, 0.6) is 0 Å². The van der Waals surface area contributed by atoms with E-state index in [1.54, 1.807) is 12.2 Å². The normalized spacial score (nSPS) is 9.92. The Hall–Kier alpha value is -1.35. The molecule has 3 heteroatoms. The second-order valence-electron chi connectivity index (χ2n) is 2.48. The Morgan fingerprint density at radius 3 is 2.77 bits per heavy atom. The second kappa shape index (κ2) is 7.31. The molecule has 0 aromatic carbocycles. The Labute approximate surface area is 78.7 Å². The summed E-state index contributed by atoms with van der Waals surface area (Å²) in [4.78, 5) is 15.4. The highest BCUT2D eigenvalue weighted by Gasteiger charge is 1.99. The first kappa shape index (κ1) is 11.6. The molecule has 0 bridgehead atoms. The zero-order valence-electron chi connectivity index (χ0n) is 7.88. The van der Waals surface area contributed by atoms with Gasteiger partial charge >= 0.3 is 0 Å². The van der Waals surface area contributed by atoms with Crippen molar-refractivity contribution >= 4 is 5.91 Å². The van der Waals surface area contributed by atoms with Crippen molar-refractivity contribution in [3.05, 3.63) is 37.0 Å². The molecule has 13 heavy (non-hydrogen) atoms. The van der Waals surface area contributed by atoms with Gasteiger partial charge in [0.25, 0.3) is 0 Å². The van der Waals surface area contributed by atoms with Crippen molar-refractivity contribution in [2.45, 2.75) is 12.8 Å². The van der Waals surface area contributed by atoms with Gasteiger partial charge in [-0.2, -0.15) is 0 Å². The highest BCUT2D eigenvalue weighted by molar-refractivity contribution is 5.75. The van der Waals surface area contributed by atoms with Crippen molar-refractivity contribution in [1.29, 1.82) is 0 Å². The van der Waals surface area contributed by atoms with E-state index >= 15 is 0 Å². The quantitative estimate of drug-likeness (QED) is 0.500. The molecule has 1 amide bonds. The summed E-state index contributed by atoms with van der Waals surface area (Å²) in [5.41, 5.74) is 3.13. The van der Waals surface area contributed by atoms with Crippen molar-refractivity contribution in [2.24, 2.45) is 0 Å². The van der Waals surface area contributed by atoms with Gasteiger partial charge in [-0.25, -0.2) is 5.48 Å². The zero-order chi connectivity index (χ0) is 10.1. The molecule has 0 unspecified atom stereocenters. The van der Waals surface area contributed by atoms with Crippen LogP contribution in [0.4, 0.5) is 0 Å². The minimum Gasteiger partial charge on any atom is -0.277 e. The van der Waals surface area contributed by atoms with E-state index in [1.165, 1.54) is 7.11 Å². The first-order valence-corrected chi connectivity index (χ1v) is 3.99. The van der Waals surface area contributed by atoms with E-state index < -0.39 is 0 Å². The number of carbonyl (C=O) groups is 1. The summed E-state index contributed by atoms with van der Waals surface area (Å²) in [5.74, 6) is -0.143. The molecule has 0 atom stereocenters. The molecule has 3 nitrogen and oxygen atoms in total. The van der Waals surface area contributed by atoms with Gasteiger partial charge in [-0.1, -0.05) is 37.0 Å². The number of hydrogen-bond acceptors (Lipinski definition) is 2. The summed E-state index contributed by atoms with van der Waals surface area (Å²) in [5, 5.41) is 0. The summed E-state index contributed by atoms with van der Waals surface area (Å²) >= 11 is 0. The van der Waals surface area contributed by atoms with E-state index in [9.17, 15) is 4.79 Å². The van der Waals surface area contributed by atoms with Crippen molar-refractivity contribution in [3.63, 3.8) is 0 Å². The monoisotopic (exact) mass is 181 g/mol. The van der Waals surface area contributed by atoms with Crippen LogP contribution in [0.1, 0.15) is 12.8 Å². The first-order chi connectivity index (χ1) is 6.20. The Balaban J connectivity index is 3.63. The Morgan fingerprint density at radius 1 is 1.54 bits per heavy atom. The molecule has 0 fully saturated rings. The lowest BCUT2D eigenvalue weighted by molar-refractivity contribution is -0.131. The van der Waals surface area contributed by atoms with Crippen LogP contribution in [0.2, 0.25) is 0 Å². The number of carbonyl (C=O) groups excluding carboxylic acids is 1. The van der Waals surface area contributed by atoms with E-state index in [0.29, 0.717) is 12.8 Å². The van der Waals surface area contributed by atoms with Crippen LogP contribution in [0.3, 0.4) is 0 Å². The third kappa shape index (κ3) is 7.03. The number of rotatable bonds is 6. The van der Waals surface area contributed by atoms with Crippen LogP contribution >= 0.6 is 0 Å². The maximum Gasteiger partial charge on any atom is 0.243 e. The highest BCUT2D eigenvalue weighted by atomic mass is 16.6. The molecule has 0 rings (SSSR count). The minimum atomic E-state index is -0.143.